The van der Waals surface area contributed by atoms with E-state index in [9.17, 15) is 10.2 Å². The van der Waals surface area contributed by atoms with Crippen molar-refractivity contribution < 1.29 is 10.2 Å². The van der Waals surface area contributed by atoms with Gasteiger partial charge >= 0.3 is 0 Å². The van der Waals surface area contributed by atoms with E-state index in [1.54, 1.807) is 0 Å². The SMILES string of the molecule is CC(CO)(CO)N(C1CCCCC1)C1CCCCC1. The second-order valence-electron chi connectivity index (χ2n) is 6.80. The van der Waals surface area contributed by atoms with Crippen molar-refractivity contribution in [3.63, 3.8) is 0 Å². The van der Waals surface area contributed by atoms with Gasteiger partial charge in [-0.2, -0.15) is 0 Å². The molecule has 0 aliphatic heterocycles. The lowest BCUT2D eigenvalue weighted by atomic mass is 9.84. The largest absolute Gasteiger partial charge is 0.394 e. The number of aliphatic hydroxyl groups is 2. The Kier molecular flexibility index (Phi) is 5.67. The molecule has 0 aromatic heterocycles. The minimum absolute atomic E-state index is 0.0660. The molecule has 2 N–H and O–H groups in total. The topological polar surface area (TPSA) is 43.7 Å². The minimum Gasteiger partial charge on any atom is -0.394 e. The molecular formula is C16H31NO2. The highest BCUT2D eigenvalue weighted by atomic mass is 16.3. The second kappa shape index (κ2) is 7.05. The molecule has 0 aromatic rings. The van der Waals surface area contributed by atoms with E-state index in [4.69, 9.17) is 0 Å². The van der Waals surface area contributed by atoms with Gasteiger partial charge in [-0.3, -0.25) is 4.90 Å². The third-order valence-corrected chi connectivity index (χ3v) is 5.24. The summed E-state index contributed by atoms with van der Waals surface area (Å²) in [6, 6.07) is 1.14. The van der Waals surface area contributed by atoms with Crippen molar-refractivity contribution in [1.29, 1.82) is 0 Å². The average molecular weight is 269 g/mol. The fourth-order valence-electron chi connectivity index (χ4n) is 4.11. The van der Waals surface area contributed by atoms with E-state index in [-0.39, 0.29) is 13.2 Å². The summed E-state index contributed by atoms with van der Waals surface area (Å²) in [6.07, 6.45) is 12.9. The van der Waals surface area contributed by atoms with Crippen LogP contribution in [0.4, 0.5) is 0 Å². The lowest BCUT2D eigenvalue weighted by Crippen LogP contribution is -2.61. The first kappa shape index (κ1) is 15.3. The molecule has 0 saturated heterocycles. The molecule has 112 valence electrons. The van der Waals surface area contributed by atoms with E-state index >= 15 is 0 Å². The van der Waals surface area contributed by atoms with Crippen LogP contribution in [0.1, 0.15) is 71.1 Å². The lowest BCUT2D eigenvalue weighted by Gasteiger charge is -2.50. The zero-order valence-electron chi connectivity index (χ0n) is 12.5. The smallest absolute Gasteiger partial charge is 0.0649 e. The van der Waals surface area contributed by atoms with Gasteiger partial charge in [-0.15, -0.1) is 0 Å². The Bertz CT molecular complexity index is 235. The van der Waals surface area contributed by atoms with Crippen molar-refractivity contribution in [2.75, 3.05) is 13.2 Å². The summed E-state index contributed by atoms with van der Waals surface area (Å²) in [5, 5.41) is 19.6. The fourth-order valence-corrected chi connectivity index (χ4v) is 4.11. The highest BCUT2D eigenvalue weighted by Crippen LogP contribution is 2.35. The number of hydrogen-bond donors (Lipinski definition) is 2. The van der Waals surface area contributed by atoms with E-state index in [0.29, 0.717) is 12.1 Å². The monoisotopic (exact) mass is 269 g/mol. The first-order chi connectivity index (χ1) is 9.21. The Labute approximate surface area is 118 Å². The third-order valence-electron chi connectivity index (χ3n) is 5.24. The van der Waals surface area contributed by atoms with Crippen molar-refractivity contribution in [2.45, 2.75) is 88.8 Å². The van der Waals surface area contributed by atoms with E-state index in [1.807, 2.05) is 6.92 Å². The molecule has 0 unspecified atom stereocenters. The molecule has 19 heavy (non-hydrogen) atoms. The first-order valence-electron chi connectivity index (χ1n) is 8.21. The van der Waals surface area contributed by atoms with Gasteiger partial charge in [0, 0.05) is 12.1 Å². The molecule has 0 spiro atoms. The molecule has 0 bridgehead atoms. The lowest BCUT2D eigenvalue weighted by molar-refractivity contribution is -0.0698. The Morgan fingerprint density at radius 1 is 0.789 bits per heavy atom. The summed E-state index contributed by atoms with van der Waals surface area (Å²) in [5.74, 6) is 0. The fraction of sp³-hybridized carbons (Fsp3) is 1.00. The highest BCUT2D eigenvalue weighted by molar-refractivity contribution is 4.95. The van der Waals surface area contributed by atoms with Crippen molar-refractivity contribution in [2.24, 2.45) is 0 Å². The van der Waals surface area contributed by atoms with Crippen molar-refractivity contribution >= 4 is 0 Å². The quantitative estimate of drug-likeness (QED) is 0.806. The van der Waals surface area contributed by atoms with E-state index in [1.165, 1.54) is 64.2 Å². The molecule has 2 rings (SSSR count). The Morgan fingerprint density at radius 2 is 1.16 bits per heavy atom. The van der Waals surface area contributed by atoms with E-state index in [2.05, 4.69) is 4.90 Å². The Morgan fingerprint density at radius 3 is 1.47 bits per heavy atom. The molecule has 2 fully saturated rings. The van der Waals surface area contributed by atoms with Crippen LogP contribution in [0.5, 0.6) is 0 Å². The maximum Gasteiger partial charge on any atom is 0.0649 e. The van der Waals surface area contributed by atoms with Gasteiger partial charge in [0.1, 0.15) is 0 Å². The van der Waals surface area contributed by atoms with Crippen molar-refractivity contribution in [3.05, 3.63) is 0 Å². The Balaban J connectivity index is 2.15. The van der Waals surface area contributed by atoms with Gasteiger partial charge in [-0.25, -0.2) is 0 Å². The summed E-state index contributed by atoms with van der Waals surface area (Å²) in [5.41, 5.74) is -0.440. The highest BCUT2D eigenvalue weighted by Gasteiger charge is 2.40. The van der Waals surface area contributed by atoms with Gasteiger partial charge in [0.2, 0.25) is 0 Å². The summed E-state index contributed by atoms with van der Waals surface area (Å²) in [7, 11) is 0. The van der Waals surface area contributed by atoms with Gasteiger partial charge in [-0.1, -0.05) is 38.5 Å². The zero-order chi connectivity index (χ0) is 13.7. The van der Waals surface area contributed by atoms with Crippen LogP contribution >= 0.6 is 0 Å². The van der Waals surface area contributed by atoms with Crippen LogP contribution < -0.4 is 0 Å². The van der Waals surface area contributed by atoms with Gasteiger partial charge in [0.05, 0.1) is 18.8 Å². The molecule has 0 heterocycles. The van der Waals surface area contributed by atoms with Crippen LogP contribution in [-0.4, -0.2) is 45.9 Å². The molecule has 2 aliphatic rings. The minimum atomic E-state index is -0.440. The predicted molar refractivity (Wildman–Crippen MR) is 78.2 cm³/mol. The first-order valence-corrected chi connectivity index (χ1v) is 8.21. The summed E-state index contributed by atoms with van der Waals surface area (Å²) < 4.78 is 0. The van der Waals surface area contributed by atoms with Gasteiger partial charge in [0.15, 0.2) is 0 Å². The molecule has 2 aliphatic carbocycles. The van der Waals surface area contributed by atoms with Crippen molar-refractivity contribution in [3.8, 4) is 0 Å². The number of rotatable bonds is 5. The van der Waals surface area contributed by atoms with Crippen LogP contribution in [-0.2, 0) is 0 Å². The standard InChI is InChI=1S/C16H31NO2/c1-16(12-18,13-19)17(14-8-4-2-5-9-14)15-10-6-3-7-11-15/h14-15,18-19H,2-13H2,1H3. The molecule has 2 saturated carbocycles. The van der Waals surface area contributed by atoms with Crippen LogP contribution in [0.25, 0.3) is 0 Å². The summed E-state index contributed by atoms with van der Waals surface area (Å²) >= 11 is 0. The van der Waals surface area contributed by atoms with Gasteiger partial charge < -0.3 is 10.2 Å². The predicted octanol–water partition coefficient (Wildman–Crippen LogP) is 2.70. The summed E-state index contributed by atoms with van der Waals surface area (Å²) in [4.78, 5) is 2.52. The van der Waals surface area contributed by atoms with Gasteiger partial charge in [0.25, 0.3) is 0 Å². The van der Waals surface area contributed by atoms with Crippen LogP contribution in [0.3, 0.4) is 0 Å². The maximum atomic E-state index is 9.82. The van der Waals surface area contributed by atoms with Gasteiger partial charge in [-0.05, 0) is 32.6 Å². The maximum absolute atomic E-state index is 9.82. The molecule has 0 atom stereocenters. The molecular weight excluding hydrogens is 238 g/mol. The number of aliphatic hydroxyl groups excluding tert-OH is 2. The summed E-state index contributed by atoms with van der Waals surface area (Å²) in [6.45, 7) is 2.17. The van der Waals surface area contributed by atoms with Crippen molar-refractivity contribution in [1.82, 2.24) is 4.90 Å². The number of hydrogen-bond acceptors (Lipinski definition) is 3. The van der Waals surface area contributed by atoms with E-state index < -0.39 is 5.54 Å². The van der Waals surface area contributed by atoms with Crippen LogP contribution in [0.2, 0.25) is 0 Å². The van der Waals surface area contributed by atoms with Crippen LogP contribution in [0, 0.1) is 0 Å². The number of nitrogens with zero attached hydrogens (tertiary/aromatic N) is 1. The average Bonchev–Trinajstić information content (AvgIpc) is 2.49. The molecule has 0 radical (unpaired) electrons. The Hall–Kier alpha value is -0.120. The molecule has 0 aromatic carbocycles. The van der Waals surface area contributed by atoms with E-state index in [0.717, 1.165) is 0 Å². The molecule has 0 amide bonds. The normalized spacial score (nSPS) is 24.0. The molecule has 3 nitrogen and oxygen atoms in total. The molecule has 3 heteroatoms. The third kappa shape index (κ3) is 3.50. The zero-order valence-corrected chi connectivity index (χ0v) is 12.5. The second-order valence-corrected chi connectivity index (χ2v) is 6.80. The van der Waals surface area contributed by atoms with Crippen LogP contribution in [0.15, 0.2) is 0 Å².